The van der Waals surface area contributed by atoms with E-state index < -0.39 is 16.0 Å². The van der Waals surface area contributed by atoms with Gasteiger partial charge in [0, 0.05) is 16.0 Å². The fourth-order valence-corrected chi connectivity index (χ4v) is 5.20. The molecule has 0 aromatic heterocycles. The Morgan fingerprint density at radius 1 is 1.18 bits per heavy atom. The third-order valence-corrected chi connectivity index (χ3v) is 7.70. The highest BCUT2D eigenvalue weighted by atomic mass is 79.9. The number of nitrogens with one attached hydrogen (secondary N) is 1. The fraction of sp³-hybridized carbons (Fsp3) is 0.182. The van der Waals surface area contributed by atoms with E-state index in [1.54, 1.807) is 24.3 Å². The lowest BCUT2D eigenvalue weighted by atomic mass is 10.1. The van der Waals surface area contributed by atoms with Crippen LogP contribution in [0.15, 0.2) is 67.5 Å². The van der Waals surface area contributed by atoms with Gasteiger partial charge in [-0.25, -0.2) is 0 Å². The molecule has 0 radical (unpaired) electrons. The Morgan fingerprint density at radius 3 is 2.55 bits per heavy atom. The lowest BCUT2D eigenvalue weighted by Crippen LogP contribution is -2.35. The van der Waals surface area contributed by atoms with Crippen molar-refractivity contribution in [3.8, 4) is 5.75 Å². The standard InChI is InChI=1S/C22H19BrN4O4S2/c1-12(2)21-26-27-19(24)17(20(28)25-22(27)32-21)11-14-10-15(23)6-9-18(14)31-33(29,30)16-7-4-13(3)5-8-16/h4-12,24H,1-3H3/b17-11-,24-19?. The van der Waals surface area contributed by atoms with Gasteiger partial charge in [-0.3, -0.25) is 10.2 Å². The van der Waals surface area contributed by atoms with E-state index >= 15 is 0 Å². The second kappa shape index (κ2) is 8.88. The number of thioether (sulfide) groups is 1. The molecule has 8 nitrogen and oxygen atoms in total. The quantitative estimate of drug-likeness (QED) is 0.425. The Balaban J connectivity index is 1.72. The summed E-state index contributed by atoms with van der Waals surface area (Å²) in [6.45, 7) is 5.78. The van der Waals surface area contributed by atoms with Gasteiger partial charge in [0.2, 0.25) is 5.17 Å². The highest BCUT2D eigenvalue weighted by molar-refractivity contribution is 9.10. The zero-order chi connectivity index (χ0) is 23.9. The zero-order valence-corrected chi connectivity index (χ0v) is 21.1. The maximum atomic E-state index is 12.8. The van der Waals surface area contributed by atoms with Crippen LogP contribution in [0.1, 0.15) is 25.0 Å². The largest absolute Gasteiger partial charge is 0.378 e. The van der Waals surface area contributed by atoms with Crippen LogP contribution in [0, 0.1) is 18.3 Å². The molecule has 1 amide bonds. The Morgan fingerprint density at radius 2 is 1.88 bits per heavy atom. The van der Waals surface area contributed by atoms with E-state index in [0.717, 1.165) is 10.6 Å². The first-order chi connectivity index (χ1) is 15.5. The van der Waals surface area contributed by atoms with E-state index in [9.17, 15) is 13.2 Å². The maximum Gasteiger partial charge on any atom is 0.339 e. The van der Waals surface area contributed by atoms with Gasteiger partial charge in [0.25, 0.3) is 5.91 Å². The summed E-state index contributed by atoms with van der Waals surface area (Å²) in [4.78, 5) is 16.8. The molecule has 11 heteroatoms. The van der Waals surface area contributed by atoms with Crippen LogP contribution in [-0.4, -0.2) is 35.4 Å². The van der Waals surface area contributed by atoms with Crippen molar-refractivity contribution in [3.63, 3.8) is 0 Å². The minimum Gasteiger partial charge on any atom is -0.378 e. The predicted molar refractivity (Wildman–Crippen MR) is 133 cm³/mol. The molecule has 2 aliphatic heterocycles. The van der Waals surface area contributed by atoms with Crippen LogP contribution >= 0.6 is 27.7 Å². The molecule has 0 aliphatic carbocycles. The predicted octanol–water partition coefficient (Wildman–Crippen LogP) is 4.80. The van der Waals surface area contributed by atoms with Crippen LogP contribution in [0.2, 0.25) is 0 Å². The highest BCUT2D eigenvalue weighted by Crippen LogP contribution is 2.33. The number of amidine groups is 2. The molecule has 0 saturated carbocycles. The fourth-order valence-electron chi connectivity index (χ4n) is 2.97. The van der Waals surface area contributed by atoms with E-state index in [0.29, 0.717) is 15.2 Å². The van der Waals surface area contributed by atoms with Crippen LogP contribution in [0.3, 0.4) is 0 Å². The van der Waals surface area contributed by atoms with E-state index in [4.69, 9.17) is 9.59 Å². The summed E-state index contributed by atoms with van der Waals surface area (Å²) in [7, 11) is -4.11. The number of benzene rings is 2. The number of carbonyl (C=O) groups is 1. The number of hydrogen-bond acceptors (Lipinski definition) is 7. The number of rotatable bonds is 5. The topological polar surface area (TPSA) is 112 Å². The van der Waals surface area contributed by atoms with Crippen LogP contribution in [0.5, 0.6) is 5.75 Å². The van der Waals surface area contributed by atoms with Crippen molar-refractivity contribution in [2.75, 3.05) is 0 Å². The molecule has 0 fully saturated rings. The van der Waals surface area contributed by atoms with Gasteiger partial charge >= 0.3 is 10.1 Å². The smallest absolute Gasteiger partial charge is 0.339 e. The van der Waals surface area contributed by atoms with Crippen LogP contribution in [0.4, 0.5) is 0 Å². The summed E-state index contributed by atoms with van der Waals surface area (Å²) < 4.78 is 31.7. The average Bonchev–Trinajstić information content (AvgIpc) is 3.17. The zero-order valence-electron chi connectivity index (χ0n) is 17.9. The Hall–Kier alpha value is -2.76. The van der Waals surface area contributed by atoms with Crippen molar-refractivity contribution in [1.29, 1.82) is 5.41 Å². The lowest BCUT2D eigenvalue weighted by Gasteiger charge is -2.20. The van der Waals surface area contributed by atoms with Gasteiger partial charge in [-0.1, -0.05) is 47.5 Å². The normalized spacial score (nSPS) is 17.4. The molecule has 2 heterocycles. The number of hydrazone groups is 1. The summed E-state index contributed by atoms with van der Waals surface area (Å²) in [5.74, 6) is -0.605. The molecule has 4 rings (SSSR count). The molecule has 0 unspecified atom stereocenters. The molecule has 33 heavy (non-hydrogen) atoms. The molecule has 2 aliphatic rings. The van der Waals surface area contributed by atoms with Crippen LogP contribution in [-0.2, 0) is 14.9 Å². The number of aryl methyl sites for hydroxylation is 1. The second-order valence-electron chi connectivity index (χ2n) is 7.65. The summed E-state index contributed by atoms with van der Waals surface area (Å²) >= 11 is 4.61. The highest BCUT2D eigenvalue weighted by Gasteiger charge is 2.36. The number of halogens is 1. The third kappa shape index (κ3) is 4.80. The number of hydrogen-bond donors (Lipinski definition) is 1. The van der Waals surface area contributed by atoms with Crippen molar-refractivity contribution in [2.45, 2.75) is 25.7 Å². The minimum absolute atomic E-state index is 0.00925. The number of amides is 1. The minimum atomic E-state index is -4.11. The Kier molecular flexibility index (Phi) is 6.30. The molecule has 2 aromatic carbocycles. The molecular weight excluding hydrogens is 528 g/mol. The first-order valence-corrected chi connectivity index (χ1v) is 12.9. The number of nitrogens with zero attached hydrogens (tertiary/aromatic N) is 3. The number of fused-ring (bicyclic) bond motifs is 1. The van der Waals surface area contributed by atoms with E-state index in [-0.39, 0.29) is 28.0 Å². The first-order valence-electron chi connectivity index (χ1n) is 9.86. The molecule has 1 N–H and O–H groups in total. The molecule has 170 valence electrons. The molecule has 2 aromatic rings. The summed E-state index contributed by atoms with van der Waals surface area (Å²) in [6.07, 6.45) is 1.39. The Labute approximate surface area is 204 Å². The number of carbonyl (C=O) groups excluding carboxylic acids is 1. The maximum absolute atomic E-state index is 12.8. The van der Waals surface area contributed by atoms with Crippen molar-refractivity contribution in [1.82, 2.24) is 5.01 Å². The van der Waals surface area contributed by atoms with Crippen LogP contribution in [0.25, 0.3) is 6.08 Å². The monoisotopic (exact) mass is 546 g/mol. The van der Waals surface area contributed by atoms with Gasteiger partial charge in [-0.2, -0.15) is 23.5 Å². The number of aliphatic imine (C=N–C) groups is 1. The summed E-state index contributed by atoms with van der Waals surface area (Å²) in [6, 6.07) is 11.0. The van der Waals surface area contributed by atoms with E-state index in [1.807, 2.05) is 20.8 Å². The van der Waals surface area contributed by atoms with Crippen molar-refractivity contribution in [2.24, 2.45) is 16.0 Å². The molecular formula is C22H19BrN4O4S2. The SMILES string of the molecule is Cc1ccc(S(=O)(=O)Oc2ccc(Br)cc2/C=C2/C(=N)N3N=C(C(C)C)SC3=NC2=O)cc1. The van der Waals surface area contributed by atoms with Crippen molar-refractivity contribution in [3.05, 3.63) is 63.6 Å². The van der Waals surface area contributed by atoms with E-state index in [2.05, 4.69) is 26.0 Å². The van der Waals surface area contributed by atoms with Gasteiger partial charge < -0.3 is 4.18 Å². The summed E-state index contributed by atoms with van der Waals surface area (Å²) in [5.41, 5.74) is 1.19. The van der Waals surface area contributed by atoms with Gasteiger partial charge in [0.15, 0.2) is 5.84 Å². The molecule has 0 atom stereocenters. The lowest BCUT2D eigenvalue weighted by molar-refractivity contribution is -0.114. The van der Waals surface area contributed by atoms with Crippen molar-refractivity contribution >= 4 is 65.8 Å². The molecule has 0 bridgehead atoms. The third-order valence-electron chi connectivity index (χ3n) is 4.74. The van der Waals surface area contributed by atoms with Gasteiger partial charge in [0.1, 0.15) is 15.7 Å². The van der Waals surface area contributed by atoms with Gasteiger partial charge in [-0.15, -0.1) is 0 Å². The Bertz CT molecular complexity index is 1360. The van der Waals surface area contributed by atoms with Gasteiger partial charge in [-0.05, 0) is 55.1 Å². The van der Waals surface area contributed by atoms with Crippen LogP contribution < -0.4 is 4.18 Å². The first kappa shape index (κ1) is 23.4. The average molecular weight is 547 g/mol. The molecule has 0 saturated heterocycles. The second-order valence-corrected chi connectivity index (χ2v) is 11.1. The van der Waals surface area contributed by atoms with E-state index in [1.165, 1.54) is 41.0 Å². The summed E-state index contributed by atoms with van der Waals surface area (Å²) in [5, 5.41) is 15.3. The van der Waals surface area contributed by atoms with Gasteiger partial charge in [0.05, 0.1) is 5.57 Å². The molecule has 0 spiro atoms. The van der Waals surface area contributed by atoms with Crippen molar-refractivity contribution < 1.29 is 17.4 Å².